The van der Waals surface area contributed by atoms with Gasteiger partial charge < -0.3 is 4.42 Å². The number of rotatable bonds is 6. The van der Waals surface area contributed by atoms with E-state index in [0.717, 1.165) is 77.8 Å². The summed E-state index contributed by atoms with van der Waals surface area (Å²) in [5.41, 5.74) is 11.3. The minimum Gasteiger partial charge on any atom is -0.455 e. The molecule has 0 aliphatic heterocycles. The maximum Gasteiger partial charge on any atom is 0.160 e. The lowest BCUT2D eigenvalue weighted by Crippen LogP contribution is -1.96. The van der Waals surface area contributed by atoms with E-state index in [4.69, 9.17) is 14.4 Å². The van der Waals surface area contributed by atoms with E-state index in [1.54, 1.807) is 0 Å². The molecule has 0 spiro atoms. The van der Waals surface area contributed by atoms with Crippen molar-refractivity contribution >= 4 is 53.4 Å². The molecule has 262 valence electrons. The molecule has 0 aliphatic rings. The van der Waals surface area contributed by atoms with Gasteiger partial charge in [0.25, 0.3) is 0 Å². The second-order valence-corrected chi connectivity index (χ2v) is 14.9. The standard InChI is InChI=1S/C50H30N4OS/c1-3-11-32(12-4-1)42-28-43(54-50(53-42)34-21-19-31(20-22-34)36-29-51-49(52-30-36)33-13-5-2-6-14-33)40-26-25-37(47-41-16-7-9-17-44(41)55-48(40)47)35-23-24-39-38-15-8-10-18-45(38)56-46(39)27-35/h1-30H. The lowest BCUT2D eigenvalue weighted by atomic mass is 9.95. The average Bonchev–Trinajstić information content (AvgIpc) is 3.85. The van der Waals surface area contributed by atoms with Crippen LogP contribution >= 0.6 is 11.3 Å². The van der Waals surface area contributed by atoms with Crippen molar-refractivity contribution < 1.29 is 4.42 Å². The van der Waals surface area contributed by atoms with Crippen molar-refractivity contribution in [2.24, 2.45) is 0 Å². The van der Waals surface area contributed by atoms with Gasteiger partial charge in [0.1, 0.15) is 11.2 Å². The molecule has 0 saturated carbocycles. The van der Waals surface area contributed by atoms with Gasteiger partial charge in [-0.25, -0.2) is 19.9 Å². The molecule has 11 aromatic rings. The molecular formula is C50H30N4OS. The summed E-state index contributed by atoms with van der Waals surface area (Å²) in [6.07, 6.45) is 3.75. The molecule has 0 amide bonds. The molecular weight excluding hydrogens is 705 g/mol. The van der Waals surface area contributed by atoms with Gasteiger partial charge >= 0.3 is 0 Å². The van der Waals surface area contributed by atoms with Gasteiger partial charge in [0.2, 0.25) is 0 Å². The minimum atomic E-state index is 0.632. The van der Waals surface area contributed by atoms with Gasteiger partial charge in [0, 0.05) is 71.2 Å². The molecule has 7 aromatic carbocycles. The molecule has 4 aromatic heterocycles. The van der Waals surface area contributed by atoms with Crippen LogP contribution in [0, 0.1) is 0 Å². The van der Waals surface area contributed by atoms with Crippen molar-refractivity contribution in [3.8, 4) is 67.5 Å². The molecule has 0 radical (unpaired) electrons. The van der Waals surface area contributed by atoms with E-state index < -0.39 is 0 Å². The molecule has 4 heterocycles. The highest BCUT2D eigenvalue weighted by Gasteiger charge is 2.20. The fraction of sp³-hybridized carbons (Fsp3) is 0. The number of thiophene rings is 1. The molecule has 11 rings (SSSR count). The van der Waals surface area contributed by atoms with Crippen LogP contribution in [0.3, 0.4) is 0 Å². The maximum absolute atomic E-state index is 6.76. The van der Waals surface area contributed by atoms with E-state index in [1.807, 2.05) is 84.4 Å². The maximum atomic E-state index is 6.76. The third-order valence-corrected chi connectivity index (χ3v) is 11.6. The average molecular weight is 735 g/mol. The minimum absolute atomic E-state index is 0.632. The van der Waals surface area contributed by atoms with Crippen molar-refractivity contribution in [3.63, 3.8) is 0 Å². The first-order chi connectivity index (χ1) is 27.7. The van der Waals surface area contributed by atoms with E-state index in [2.05, 4.69) is 119 Å². The summed E-state index contributed by atoms with van der Waals surface area (Å²) in [6.45, 7) is 0. The Morgan fingerprint density at radius 3 is 1.80 bits per heavy atom. The molecule has 0 N–H and O–H groups in total. The van der Waals surface area contributed by atoms with E-state index in [-0.39, 0.29) is 0 Å². The summed E-state index contributed by atoms with van der Waals surface area (Å²) < 4.78 is 9.32. The molecule has 0 bridgehead atoms. The van der Waals surface area contributed by atoms with Gasteiger partial charge in [0.15, 0.2) is 11.6 Å². The summed E-state index contributed by atoms with van der Waals surface area (Å²) in [5, 5.41) is 4.72. The van der Waals surface area contributed by atoms with Crippen LogP contribution in [0.4, 0.5) is 0 Å². The highest BCUT2D eigenvalue weighted by molar-refractivity contribution is 7.25. The second kappa shape index (κ2) is 13.2. The Morgan fingerprint density at radius 1 is 0.393 bits per heavy atom. The summed E-state index contributed by atoms with van der Waals surface area (Å²) in [6, 6.07) is 58.7. The number of hydrogen-bond acceptors (Lipinski definition) is 6. The third-order valence-electron chi connectivity index (χ3n) is 10.4. The zero-order valence-electron chi connectivity index (χ0n) is 29.9. The quantitative estimate of drug-likeness (QED) is 0.170. The van der Waals surface area contributed by atoms with Crippen molar-refractivity contribution in [2.45, 2.75) is 0 Å². The molecule has 0 fully saturated rings. The first-order valence-electron chi connectivity index (χ1n) is 18.5. The van der Waals surface area contributed by atoms with E-state index >= 15 is 0 Å². The Hall–Kier alpha value is -7.28. The first-order valence-corrected chi connectivity index (χ1v) is 19.3. The summed E-state index contributed by atoms with van der Waals surface area (Å²) >= 11 is 1.83. The van der Waals surface area contributed by atoms with E-state index in [0.29, 0.717) is 11.6 Å². The lowest BCUT2D eigenvalue weighted by Gasteiger charge is -2.12. The number of furan rings is 1. The number of nitrogens with zero attached hydrogens (tertiary/aromatic N) is 4. The number of benzene rings is 7. The zero-order chi connectivity index (χ0) is 37.0. The van der Waals surface area contributed by atoms with Crippen LogP contribution in [0.5, 0.6) is 0 Å². The Bertz CT molecular complexity index is 3230. The van der Waals surface area contributed by atoms with Crippen LogP contribution in [-0.2, 0) is 0 Å². The number of para-hydroxylation sites is 1. The highest BCUT2D eigenvalue weighted by Crippen LogP contribution is 2.44. The lowest BCUT2D eigenvalue weighted by molar-refractivity contribution is 0.670. The van der Waals surface area contributed by atoms with Gasteiger partial charge in [-0.3, -0.25) is 0 Å². The first kappa shape index (κ1) is 32.2. The van der Waals surface area contributed by atoms with Gasteiger partial charge in [-0.1, -0.05) is 140 Å². The number of aromatic nitrogens is 4. The van der Waals surface area contributed by atoms with E-state index in [9.17, 15) is 0 Å². The fourth-order valence-corrected chi connectivity index (χ4v) is 8.81. The van der Waals surface area contributed by atoms with Gasteiger partial charge in [0.05, 0.1) is 11.4 Å². The molecule has 6 heteroatoms. The van der Waals surface area contributed by atoms with Crippen LogP contribution in [-0.4, -0.2) is 19.9 Å². The fourth-order valence-electron chi connectivity index (χ4n) is 7.66. The summed E-state index contributed by atoms with van der Waals surface area (Å²) in [4.78, 5) is 19.6. The normalized spacial score (nSPS) is 11.6. The Labute approximate surface area is 326 Å². The summed E-state index contributed by atoms with van der Waals surface area (Å²) in [7, 11) is 0. The molecule has 5 nitrogen and oxygen atoms in total. The Morgan fingerprint density at radius 2 is 1.00 bits per heavy atom. The molecule has 56 heavy (non-hydrogen) atoms. The van der Waals surface area contributed by atoms with Gasteiger partial charge in [-0.05, 0) is 47.0 Å². The topological polar surface area (TPSA) is 64.7 Å². The Kier molecular flexibility index (Phi) is 7.60. The van der Waals surface area contributed by atoms with Crippen LogP contribution in [0.1, 0.15) is 0 Å². The van der Waals surface area contributed by atoms with E-state index in [1.165, 1.54) is 20.2 Å². The molecule has 0 aliphatic carbocycles. The van der Waals surface area contributed by atoms with Crippen LogP contribution in [0.15, 0.2) is 187 Å². The van der Waals surface area contributed by atoms with Crippen molar-refractivity contribution in [3.05, 3.63) is 182 Å². The van der Waals surface area contributed by atoms with Crippen LogP contribution in [0.2, 0.25) is 0 Å². The van der Waals surface area contributed by atoms with Crippen molar-refractivity contribution in [2.75, 3.05) is 0 Å². The van der Waals surface area contributed by atoms with Crippen molar-refractivity contribution in [1.82, 2.24) is 19.9 Å². The van der Waals surface area contributed by atoms with Gasteiger partial charge in [-0.15, -0.1) is 11.3 Å². The largest absolute Gasteiger partial charge is 0.455 e. The SMILES string of the molecule is c1ccc(-c2cc(-c3ccc(-c4ccc5c(c4)sc4ccccc45)c4c3oc3ccccc34)nc(-c3ccc(-c4cnc(-c5ccccc5)nc4)cc3)n2)cc1. The number of fused-ring (bicyclic) bond motifs is 6. The monoisotopic (exact) mass is 734 g/mol. The predicted octanol–water partition coefficient (Wildman–Crippen LogP) is 13.5. The molecule has 0 atom stereocenters. The smallest absolute Gasteiger partial charge is 0.160 e. The second-order valence-electron chi connectivity index (χ2n) is 13.8. The summed E-state index contributed by atoms with van der Waals surface area (Å²) in [5.74, 6) is 1.33. The zero-order valence-corrected chi connectivity index (χ0v) is 30.7. The predicted molar refractivity (Wildman–Crippen MR) is 230 cm³/mol. The van der Waals surface area contributed by atoms with Crippen molar-refractivity contribution in [1.29, 1.82) is 0 Å². The Balaban J connectivity index is 1.04. The molecule has 0 unspecified atom stereocenters. The highest BCUT2D eigenvalue weighted by atomic mass is 32.1. The van der Waals surface area contributed by atoms with Gasteiger partial charge in [-0.2, -0.15) is 0 Å². The van der Waals surface area contributed by atoms with Crippen LogP contribution < -0.4 is 0 Å². The number of hydrogen-bond donors (Lipinski definition) is 0. The third kappa shape index (κ3) is 5.54. The van der Waals surface area contributed by atoms with Crippen LogP contribution in [0.25, 0.3) is 110 Å². The molecule has 0 saturated heterocycles.